The summed E-state index contributed by atoms with van der Waals surface area (Å²) < 4.78 is 0. The zero-order valence-corrected chi connectivity index (χ0v) is 47.3. The van der Waals surface area contributed by atoms with Gasteiger partial charge < -0.3 is 9.59 Å². The topological polar surface area (TPSA) is 34.1 Å². The van der Waals surface area contributed by atoms with Gasteiger partial charge in [-0.3, -0.25) is 13.6 Å². The van der Waals surface area contributed by atoms with Crippen molar-refractivity contribution in [3.05, 3.63) is 268 Å². The summed E-state index contributed by atoms with van der Waals surface area (Å²) in [5.41, 5.74) is 11.9. The van der Waals surface area contributed by atoms with Crippen molar-refractivity contribution in [3.63, 3.8) is 0 Å². The third kappa shape index (κ3) is 17.2. The molecule has 0 unspecified atom stereocenters. The van der Waals surface area contributed by atoms with Gasteiger partial charge in [-0.15, -0.1) is 0 Å². The number of hydrogen-bond acceptors (Lipinski definition) is 2. The molecule has 0 aliphatic carbocycles. The molecule has 0 amide bonds. The zero-order valence-electron chi connectivity index (χ0n) is 42.6. The van der Waals surface area contributed by atoms with Crippen LogP contribution in [0.5, 0.6) is 0 Å². The van der Waals surface area contributed by atoms with Crippen molar-refractivity contribution in [2.24, 2.45) is 0 Å². The quantitative estimate of drug-likeness (QED) is 0.0625. The number of rotatable bonds is 9. The van der Waals surface area contributed by atoms with Crippen molar-refractivity contribution < 1.29 is 29.1 Å². The SMILES string of the molecule is Cc1ccc([PH+](c2ccc(C)cc2)c2ccc(C)cc2)cc1.Cc1ccc([PH+](c2ccc(C)cc2)c2ccc(C)cc2)cc1.Cc1ccc([PH+](c2ccc(C)cc2)c2ccc(C)cc2)cc1.[CH-]=O.[CH-]=O.[Ru+2]. The molecule has 9 rings (SSSR count). The Balaban J connectivity index is 0.000000222. The minimum Gasteiger partial charge on any atom is -0.545 e. The molecule has 0 atom stereocenters. The van der Waals surface area contributed by atoms with E-state index in [1.807, 2.05) is 0 Å². The molecule has 0 spiro atoms. The van der Waals surface area contributed by atoms with Crippen LogP contribution in [0, 0.1) is 62.3 Å². The second-order valence-corrected chi connectivity index (χ2v) is 25.4. The standard InChI is InChI=1S/3C21H21P.2CHO.Ru/c3*1-16-4-10-19(11-5-16)22(20-12-6-17(2)7-13-20)21-14-8-18(3)9-15-21;2*1-2;/h3*4-15H,1-3H3;2*1H;/q;;;2*-1;+2/p+3. The number of hydrogen-bond donors (Lipinski definition) is 0. The number of carbonyl (C=O) groups excluding carboxylic acids is 2. The predicted molar refractivity (Wildman–Crippen MR) is 316 cm³/mol. The van der Waals surface area contributed by atoms with Gasteiger partial charge in [0.2, 0.25) is 0 Å². The molecule has 0 aliphatic rings. The molecule has 360 valence electrons. The molecule has 0 heterocycles. The van der Waals surface area contributed by atoms with Gasteiger partial charge in [0, 0.05) is 0 Å². The van der Waals surface area contributed by atoms with E-state index in [0.717, 1.165) is 0 Å². The van der Waals surface area contributed by atoms with Crippen LogP contribution in [0.25, 0.3) is 0 Å². The van der Waals surface area contributed by atoms with Gasteiger partial charge in [0.1, 0.15) is 47.7 Å². The normalized spacial score (nSPS) is 10.3. The van der Waals surface area contributed by atoms with Gasteiger partial charge >= 0.3 is 19.5 Å². The Morgan fingerprint density at radius 1 is 0.183 bits per heavy atom. The molecule has 0 aliphatic heterocycles. The van der Waals surface area contributed by atoms with Crippen LogP contribution < -0.4 is 47.7 Å². The molecular weight excluding hydrogens is 1010 g/mol. The van der Waals surface area contributed by atoms with E-state index in [4.69, 9.17) is 9.59 Å². The van der Waals surface area contributed by atoms with Crippen LogP contribution in [0.3, 0.4) is 0 Å². The Labute approximate surface area is 442 Å². The molecule has 0 aromatic heterocycles. The first-order valence-corrected chi connectivity index (χ1v) is 28.1. The summed E-state index contributed by atoms with van der Waals surface area (Å²) in [5, 5.41) is 13.0. The fourth-order valence-electron chi connectivity index (χ4n) is 7.98. The van der Waals surface area contributed by atoms with Gasteiger partial charge in [0.05, 0.1) is 23.8 Å². The summed E-state index contributed by atoms with van der Waals surface area (Å²) in [4.78, 5) is 15.5. The summed E-state index contributed by atoms with van der Waals surface area (Å²) in [6.45, 7) is 25.8. The van der Waals surface area contributed by atoms with Crippen LogP contribution in [0.2, 0.25) is 0 Å². The molecule has 0 fully saturated rings. The third-order valence-corrected chi connectivity index (χ3v) is 20.3. The average Bonchev–Trinajstić information content (AvgIpc) is 3.38. The Bertz CT molecular complexity index is 2270. The van der Waals surface area contributed by atoms with Gasteiger partial charge in [-0.05, 0) is 172 Å². The van der Waals surface area contributed by atoms with Crippen molar-refractivity contribution in [1.82, 2.24) is 0 Å². The van der Waals surface area contributed by atoms with Gasteiger partial charge in [-0.25, -0.2) is 0 Å². The van der Waals surface area contributed by atoms with E-state index in [1.54, 1.807) is 0 Å². The predicted octanol–water partition coefficient (Wildman–Crippen LogP) is 11.8. The number of benzene rings is 9. The third-order valence-electron chi connectivity index (χ3n) is 12.1. The minimum absolute atomic E-state index is 0. The van der Waals surface area contributed by atoms with E-state index in [2.05, 4.69) is 294 Å². The van der Waals surface area contributed by atoms with E-state index in [-0.39, 0.29) is 19.5 Å². The van der Waals surface area contributed by atoms with Crippen LogP contribution in [-0.2, 0) is 29.1 Å². The van der Waals surface area contributed by atoms with Crippen molar-refractivity contribution in [2.45, 2.75) is 62.3 Å². The smallest absolute Gasteiger partial charge is 0.545 e. The Kier molecular flexibility index (Phi) is 24.1. The molecule has 0 saturated carbocycles. The van der Waals surface area contributed by atoms with Crippen LogP contribution in [0.1, 0.15) is 50.1 Å². The fraction of sp³-hybridized carbons (Fsp3) is 0.138. The van der Waals surface area contributed by atoms with Crippen molar-refractivity contribution in [1.29, 1.82) is 0 Å². The van der Waals surface area contributed by atoms with E-state index < -0.39 is 23.8 Å². The summed E-state index contributed by atoms with van der Waals surface area (Å²) in [6, 6.07) is 81.4. The molecule has 2 nitrogen and oxygen atoms in total. The Morgan fingerprint density at radius 3 is 0.324 bits per heavy atom. The molecule has 71 heavy (non-hydrogen) atoms. The molecule has 9 aromatic rings. The van der Waals surface area contributed by atoms with Crippen molar-refractivity contribution in [3.8, 4) is 0 Å². The van der Waals surface area contributed by atoms with Gasteiger partial charge in [-0.2, -0.15) is 0 Å². The first-order chi connectivity index (χ1) is 33.9. The molecule has 9 aromatic carbocycles. The zero-order chi connectivity index (χ0) is 50.6. The van der Waals surface area contributed by atoms with Crippen LogP contribution >= 0.6 is 23.8 Å². The van der Waals surface area contributed by atoms with Crippen molar-refractivity contribution >= 4 is 85.1 Å². The summed E-state index contributed by atoms with van der Waals surface area (Å²) >= 11 is 0. The Morgan fingerprint density at radius 2 is 0.254 bits per heavy atom. The Hall–Kier alpha value is -5.77. The minimum atomic E-state index is -0.927. The monoisotopic (exact) mass is 1080 g/mol. The van der Waals surface area contributed by atoms with E-state index in [9.17, 15) is 0 Å². The van der Waals surface area contributed by atoms with E-state index in [0.29, 0.717) is 0 Å². The first kappa shape index (κ1) is 57.8. The largest absolute Gasteiger partial charge is 2.00 e. The summed E-state index contributed by atoms with van der Waals surface area (Å²) in [7, 11) is -2.78. The maximum Gasteiger partial charge on any atom is 2.00 e. The summed E-state index contributed by atoms with van der Waals surface area (Å²) in [5.74, 6) is 0. The van der Waals surface area contributed by atoms with Gasteiger partial charge in [-0.1, -0.05) is 159 Å². The molecular formula is C65H68O2P3Ru+3. The second kappa shape index (κ2) is 29.5. The molecule has 0 bridgehead atoms. The van der Waals surface area contributed by atoms with Crippen LogP contribution in [0.15, 0.2) is 218 Å². The maximum absolute atomic E-state index is 7.75. The van der Waals surface area contributed by atoms with E-state index in [1.165, 1.54) is 97.8 Å². The maximum atomic E-state index is 7.75. The van der Waals surface area contributed by atoms with E-state index >= 15 is 0 Å². The number of aryl methyl sites for hydroxylation is 9. The molecule has 0 N–H and O–H groups in total. The average molecular weight is 1080 g/mol. The summed E-state index contributed by atoms with van der Waals surface area (Å²) in [6.07, 6.45) is 0. The van der Waals surface area contributed by atoms with Crippen LogP contribution in [0.4, 0.5) is 0 Å². The fourth-order valence-corrected chi connectivity index (χ4v) is 15.5. The second-order valence-electron chi connectivity index (χ2n) is 17.9. The van der Waals surface area contributed by atoms with Crippen LogP contribution in [-0.4, -0.2) is 13.6 Å². The van der Waals surface area contributed by atoms with Gasteiger partial charge in [0.25, 0.3) is 0 Å². The van der Waals surface area contributed by atoms with Crippen molar-refractivity contribution in [2.75, 3.05) is 0 Å². The molecule has 0 radical (unpaired) electrons. The first-order valence-electron chi connectivity index (χ1n) is 23.6. The molecule has 6 heteroatoms. The van der Waals surface area contributed by atoms with Gasteiger partial charge in [0.15, 0.2) is 0 Å². The molecule has 0 saturated heterocycles.